The highest BCUT2D eigenvalue weighted by molar-refractivity contribution is 5.96. The molecule has 0 spiro atoms. The van der Waals surface area contributed by atoms with E-state index in [1.807, 2.05) is 0 Å². The van der Waals surface area contributed by atoms with Gasteiger partial charge in [-0.2, -0.15) is 0 Å². The molecule has 5 nitrogen and oxygen atoms in total. The molecule has 0 bridgehead atoms. The van der Waals surface area contributed by atoms with Crippen molar-refractivity contribution in [2.75, 3.05) is 18.9 Å². The van der Waals surface area contributed by atoms with Gasteiger partial charge in [-0.3, -0.25) is 9.78 Å². The van der Waals surface area contributed by atoms with Crippen LogP contribution < -0.4 is 5.73 Å². The number of anilines is 1. The third kappa shape index (κ3) is 2.24. The zero-order valence-electron chi connectivity index (χ0n) is 9.89. The Morgan fingerprint density at radius 1 is 1.71 bits per heavy atom. The molecular formula is C12H17N3O2. The van der Waals surface area contributed by atoms with E-state index < -0.39 is 0 Å². The molecule has 1 atom stereocenters. The summed E-state index contributed by atoms with van der Waals surface area (Å²) >= 11 is 0. The number of amides is 1. The van der Waals surface area contributed by atoms with E-state index in [1.165, 1.54) is 0 Å². The van der Waals surface area contributed by atoms with Crippen LogP contribution in [-0.2, 0) is 0 Å². The van der Waals surface area contributed by atoms with Crippen LogP contribution in [0.2, 0.25) is 0 Å². The van der Waals surface area contributed by atoms with Crippen LogP contribution in [0.5, 0.6) is 0 Å². The first-order valence-electron chi connectivity index (χ1n) is 5.77. The van der Waals surface area contributed by atoms with Crippen LogP contribution in [0.25, 0.3) is 0 Å². The van der Waals surface area contributed by atoms with Crippen molar-refractivity contribution < 1.29 is 9.90 Å². The topological polar surface area (TPSA) is 79.5 Å². The number of hydrogen-bond donors (Lipinski definition) is 2. The summed E-state index contributed by atoms with van der Waals surface area (Å²) in [5.41, 5.74) is 7.34. The van der Waals surface area contributed by atoms with E-state index in [1.54, 1.807) is 24.1 Å². The first-order valence-corrected chi connectivity index (χ1v) is 5.77. The molecule has 1 aromatic rings. The van der Waals surface area contributed by atoms with Crippen molar-refractivity contribution in [2.45, 2.75) is 25.8 Å². The van der Waals surface area contributed by atoms with Crippen LogP contribution in [-0.4, -0.2) is 40.1 Å². The summed E-state index contributed by atoms with van der Waals surface area (Å²) in [6.45, 7) is 2.50. The third-order valence-corrected chi connectivity index (χ3v) is 3.19. The second kappa shape index (κ2) is 4.71. The van der Waals surface area contributed by atoms with Gasteiger partial charge in [0.05, 0.1) is 35.8 Å². The molecule has 1 aliphatic rings. The van der Waals surface area contributed by atoms with Crippen LogP contribution in [0.4, 0.5) is 5.69 Å². The normalized spacial score (nSPS) is 19.6. The third-order valence-electron chi connectivity index (χ3n) is 3.19. The Morgan fingerprint density at radius 3 is 3.18 bits per heavy atom. The molecule has 17 heavy (non-hydrogen) atoms. The number of aliphatic hydroxyl groups is 1. The van der Waals surface area contributed by atoms with Crippen LogP contribution in [0.15, 0.2) is 12.3 Å². The predicted molar refractivity (Wildman–Crippen MR) is 64.5 cm³/mol. The molecule has 1 aromatic heterocycles. The fourth-order valence-corrected chi connectivity index (χ4v) is 2.21. The predicted octanol–water partition coefficient (Wildman–Crippen LogP) is 0.569. The molecule has 0 saturated carbocycles. The van der Waals surface area contributed by atoms with E-state index in [-0.39, 0.29) is 18.6 Å². The molecule has 1 saturated heterocycles. The lowest BCUT2D eigenvalue weighted by atomic mass is 10.1. The number of carbonyl (C=O) groups excluding carboxylic acids is 1. The molecular weight excluding hydrogens is 218 g/mol. The molecule has 0 aliphatic carbocycles. The van der Waals surface area contributed by atoms with E-state index >= 15 is 0 Å². The van der Waals surface area contributed by atoms with E-state index in [0.717, 1.165) is 12.8 Å². The van der Waals surface area contributed by atoms with E-state index in [2.05, 4.69) is 4.98 Å². The molecule has 1 unspecified atom stereocenters. The first kappa shape index (κ1) is 11.9. The molecule has 2 heterocycles. The van der Waals surface area contributed by atoms with Gasteiger partial charge in [-0.05, 0) is 25.8 Å². The number of carbonyl (C=O) groups is 1. The average Bonchev–Trinajstić information content (AvgIpc) is 2.79. The summed E-state index contributed by atoms with van der Waals surface area (Å²) in [5.74, 6) is -0.0844. The zero-order chi connectivity index (χ0) is 12.4. The van der Waals surface area contributed by atoms with Gasteiger partial charge in [0.2, 0.25) is 0 Å². The van der Waals surface area contributed by atoms with Crippen molar-refractivity contribution in [1.29, 1.82) is 0 Å². The standard InChI is InChI=1S/C12H17N3O2/c1-8-11(5-9(13)6-14-8)12(17)15-4-2-3-10(15)7-16/h5-6,10,16H,2-4,7,13H2,1H3. The highest BCUT2D eigenvalue weighted by Gasteiger charge is 2.29. The van der Waals surface area contributed by atoms with Crippen LogP contribution in [0.3, 0.4) is 0 Å². The quantitative estimate of drug-likeness (QED) is 0.785. The first-order chi connectivity index (χ1) is 8.13. The minimum absolute atomic E-state index is 0.0144. The lowest BCUT2D eigenvalue weighted by Crippen LogP contribution is -2.38. The van der Waals surface area contributed by atoms with Gasteiger partial charge in [0.25, 0.3) is 5.91 Å². The Labute approximate surface area is 100 Å². The molecule has 5 heteroatoms. The van der Waals surface area contributed by atoms with Gasteiger partial charge in [-0.25, -0.2) is 0 Å². The van der Waals surface area contributed by atoms with E-state index in [0.29, 0.717) is 23.5 Å². The summed E-state index contributed by atoms with van der Waals surface area (Å²) in [4.78, 5) is 18.1. The van der Waals surface area contributed by atoms with Gasteiger partial charge in [-0.1, -0.05) is 0 Å². The van der Waals surface area contributed by atoms with Crippen molar-refractivity contribution in [3.63, 3.8) is 0 Å². The van der Waals surface area contributed by atoms with Gasteiger partial charge in [0.1, 0.15) is 0 Å². The summed E-state index contributed by atoms with van der Waals surface area (Å²) in [7, 11) is 0. The van der Waals surface area contributed by atoms with Crippen molar-refractivity contribution in [2.24, 2.45) is 0 Å². The summed E-state index contributed by atoms with van der Waals surface area (Å²) < 4.78 is 0. The van der Waals surface area contributed by atoms with Crippen molar-refractivity contribution >= 4 is 11.6 Å². The van der Waals surface area contributed by atoms with Crippen LogP contribution >= 0.6 is 0 Å². The number of pyridine rings is 1. The number of nitrogens with two attached hydrogens (primary N) is 1. The fraction of sp³-hybridized carbons (Fsp3) is 0.500. The molecule has 0 radical (unpaired) electrons. The number of rotatable bonds is 2. The molecule has 1 fully saturated rings. The van der Waals surface area contributed by atoms with Gasteiger partial charge in [0, 0.05) is 6.54 Å². The highest BCUT2D eigenvalue weighted by atomic mass is 16.3. The smallest absolute Gasteiger partial charge is 0.256 e. The Kier molecular flexibility index (Phi) is 3.28. The monoisotopic (exact) mass is 235 g/mol. The lowest BCUT2D eigenvalue weighted by Gasteiger charge is -2.23. The maximum Gasteiger partial charge on any atom is 0.256 e. The highest BCUT2D eigenvalue weighted by Crippen LogP contribution is 2.21. The van der Waals surface area contributed by atoms with Crippen LogP contribution in [0, 0.1) is 6.92 Å². The molecule has 0 aromatic carbocycles. The maximum atomic E-state index is 12.3. The Balaban J connectivity index is 2.27. The number of likely N-dealkylation sites (tertiary alicyclic amines) is 1. The number of nitrogens with zero attached hydrogens (tertiary/aromatic N) is 2. The maximum absolute atomic E-state index is 12.3. The fourth-order valence-electron chi connectivity index (χ4n) is 2.21. The Bertz CT molecular complexity index is 434. The van der Waals surface area contributed by atoms with Gasteiger partial charge < -0.3 is 15.7 Å². The van der Waals surface area contributed by atoms with Crippen molar-refractivity contribution in [1.82, 2.24) is 9.88 Å². The van der Waals surface area contributed by atoms with Crippen molar-refractivity contribution in [3.05, 3.63) is 23.5 Å². The number of aliphatic hydroxyl groups excluding tert-OH is 1. The number of nitrogen functional groups attached to an aromatic ring is 1. The van der Waals surface area contributed by atoms with Gasteiger partial charge in [0.15, 0.2) is 0 Å². The van der Waals surface area contributed by atoms with E-state index in [4.69, 9.17) is 5.73 Å². The Hall–Kier alpha value is -1.62. The lowest BCUT2D eigenvalue weighted by molar-refractivity contribution is 0.0676. The van der Waals surface area contributed by atoms with Gasteiger partial charge >= 0.3 is 0 Å². The largest absolute Gasteiger partial charge is 0.397 e. The van der Waals surface area contributed by atoms with Crippen molar-refractivity contribution in [3.8, 4) is 0 Å². The summed E-state index contributed by atoms with van der Waals surface area (Å²) in [5, 5.41) is 9.22. The molecule has 3 N–H and O–H groups in total. The average molecular weight is 235 g/mol. The Morgan fingerprint density at radius 2 is 2.47 bits per heavy atom. The minimum atomic E-state index is -0.0844. The number of aromatic nitrogens is 1. The number of aryl methyl sites for hydroxylation is 1. The second-order valence-electron chi connectivity index (χ2n) is 4.38. The summed E-state index contributed by atoms with van der Waals surface area (Å²) in [6.07, 6.45) is 3.34. The van der Waals surface area contributed by atoms with Gasteiger partial charge in [-0.15, -0.1) is 0 Å². The minimum Gasteiger partial charge on any atom is -0.397 e. The molecule has 2 rings (SSSR count). The van der Waals surface area contributed by atoms with Crippen LogP contribution in [0.1, 0.15) is 28.9 Å². The summed E-state index contributed by atoms with van der Waals surface area (Å²) in [6, 6.07) is 1.58. The molecule has 1 amide bonds. The molecule has 92 valence electrons. The number of hydrogen-bond acceptors (Lipinski definition) is 4. The zero-order valence-corrected chi connectivity index (χ0v) is 9.89. The SMILES string of the molecule is Cc1ncc(N)cc1C(=O)N1CCCC1CO. The second-order valence-corrected chi connectivity index (χ2v) is 4.38. The van der Waals surface area contributed by atoms with E-state index in [9.17, 15) is 9.90 Å². The molecule has 1 aliphatic heterocycles.